The smallest absolute Gasteiger partial charge is 0.0355 e. The molecule has 1 heterocycles. The summed E-state index contributed by atoms with van der Waals surface area (Å²) in [4.78, 5) is 0. The minimum Gasteiger partial charge on any atom is -0.144 e. The van der Waals surface area contributed by atoms with E-state index in [0.717, 1.165) is 0 Å². The second-order valence-corrected chi connectivity index (χ2v) is 6.01. The third kappa shape index (κ3) is 1.14. The van der Waals surface area contributed by atoms with Crippen molar-refractivity contribution >= 4 is 53.7 Å². The molecule has 0 bridgehead atoms. The monoisotopic (exact) mass is 258 g/mol. The lowest BCUT2D eigenvalue weighted by Crippen LogP contribution is -1.83. The molecule has 0 aliphatic rings. The number of hydrogen-bond donors (Lipinski definition) is 0. The summed E-state index contributed by atoms with van der Waals surface area (Å²) >= 11 is 1.82. The molecule has 5 aromatic rings. The van der Waals surface area contributed by atoms with Crippen LogP contribution in [0.25, 0.3) is 42.4 Å². The molecule has 0 unspecified atom stereocenters. The molecule has 1 aromatic heterocycles. The molecule has 0 saturated heterocycles. The van der Waals surface area contributed by atoms with Crippen LogP contribution in [0.1, 0.15) is 0 Å². The van der Waals surface area contributed by atoms with Crippen LogP contribution in [0.4, 0.5) is 0 Å². The first-order valence-corrected chi connectivity index (χ1v) is 7.33. The molecule has 88 valence electrons. The van der Waals surface area contributed by atoms with Crippen LogP contribution in [0.3, 0.4) is 0 Å². The lowest BCUT2D eigenvalue weighted by molar-refractivity contribution is 1.82. The predicted molar refractivity (Wildman–Crippen MR) is 85.5 cm³/mol. The Labute approximate surface area is 114 Å². The molecule has 0 atom stereocenters. The van der Waals surface area contributed by atoms with E-state index in [9.17, 15) is 0 Å². The first kappa shape index (κ1) is 9.76. The summed E-state index contributed by atoms with van der Waals surface area (Å²) in [7, 11) is 0. The Balaban J connectivity index is 2.27. The number of rotatable bonds is 0. The zero-order valence-electron chi connectivity index (χ0n) is 10.2. The Kier molecular flexibility index (Phi) is 1.67. The molecule has 0 amide bonds. The highest BCUT2D eigenvalue weighted by atomic mass is 32.1. The predicted octanol–water partition coefficient (Wildman–Crippen LogP) is 5.80. The third-order valence-electron chi connectivity index (χ3n) is 4.08. The summed E-state index contributed by atoms with van der Waals surface area (Å²) < 4.78 is 1.38. The molecular weight excluding hydrogens is 248 g/mol. The Morgan fingerprint density at radius 3 is 2.32 bits per heavy atom. The van der Waals surface area contributed by atoms with E-state index in [2.05, 4.69) is 60.0 Å². The fourth-order valence-corrected chi connectivity index (χ4v) is 4.10. The van der Waals surface area contributed by atoms with Gasteiger partial charge in [0.2, 0.25) is 0 Å². The molecule has 0 aliphatic heterocycles. The van der Waals surface area contributed by atoms with E-state index in [1.54, 1.807) is 0 Å². The summed E-state index contributed by atoms with van der Waals surface area (Å²) in [6.07, 6.45) is 0. The van der Waals surface area contributed by atoms with Crippen LogP contribution < -0.4 is 0 Å². The van der Waals surface area contributed by atoms with Crippen molar-refractivity contribution in [3.05, 3.63) is 60.0 Å². The van der Waals surface area contributed by atoms with Gasteiger partial charge in [-0.05, 0) is 49.8 Å². The number of hydrogen-bond acceptors (Lipinski definition) is 1. The van der Waals surface area contributed by atoms with Gasteiger partial charge in [0.15, 0.2) is 0 Å². The van der Waals surface area contributed by atoms with Gasteiger partial charge in [0.05, 0.1) is 0 Å². The minimum absolute atomic E-state index is 1.34. The van der Waals surface area contributed by atoms with E-state index >= 15 is 0 Å². The Bertz CT molecular complexity index is 1040. The van der Waals surface area contributed by atoms with Crippen LogP contribution >= 0.6 is 11.3 Å². The average Bonchev–Trinajstić information content (AvgIpc) is 2.92. The van der Waals surface area contributed by atoms with Gasteiger partial charge in [-0.2, -0.15) is 0 Å². The Hall–Kier alpha value is -2.12. The van der Waals surface area contributed by atoms with Crippen molar-refractivity contribution in [3.63, 3.8) is 0 Å². The van der Waals surface area contributed by atoms with Gasteiger partial charge >= 0.3 is 0 Å². The highest BCUT2D eigenvalue weighted by molar-refractivity contribution is 7.17. The van der Waals surface area contributed by atoms with Crippen LogP contribution in [0, 0.1) is 0 Å². The maximum absolute atomic E-state index is 2.33. The summed E-state index contributed by atoms with van der Waals surface area (Å²) in [6.45, 7) is 0. The lowest BCUT2D eigenvalue weighted by Gasteiger charge is -2.11. The van der Waals surface area contributed by atoms with Crippen molar-refractivity contribution in [1.82, 2.24) is 0 Å². The van der Waals surface area contributed by atoms with Crippen LogP contribution in [0.15, 0.2) is 60.0 Å². The van der Waals surface area contributed by atoms with Gasteiger partial charge in [0.1, 0.15) is 0 Å². The molecule has 0 N–H and O–H groups in total. The molecule has 0 nitrogen and oxygen atoms in total. The largest absolute Gasteiger partial charge is 0.144 e. The maximum Gasteiger partial charge on any atom is 0.0355 e. The molecular formula is C18H10S. The van der Waals surface area contributed by atoms with Gasteiger partial charge in [0, 0.05) is 10.1 Å². The van der Waals surface area contributed by atoms with Gasteiger partial charge in [0.25, 0.3) is 0 Å². The minimum atomic E-state index is 1.34. The first-order valence-electron chi connectivity index (χ1n) is 6.45. The van der Waals surface area contributed by atoms with Crippen molar-refractivity contribution in [2.75, 3.05) is 0 Å². The van der Waals surface area contributed by atoms with Crippen LogP contribution in [0.5, 0.6) is 0 Å². The fourth-order valence-electron chi connectivity index (χ4n) is 3.25. The molecule has 0 fully saturated rings. The van der Waals surface area contributed by atoms with Gasteiger partial charge < -0.3 is 0 Å². The zero-order chi connectivity index (χ0) is 12.4. The molecule has 0 saturated carbocycles. The van der Waals surface area contributed by atoms with Crippen molar-refractivity contribution < 1.29 is 0 Å². The van der Waals surface area contributed by atoms with Crippen LogP contribution in [-0.4, -0.2) is 0 Å². The van der Waals surface area contributed by atoms with E-state index in [1.165, 1.54) is 42.4 Å². The second kappa shape index (κ2) is 3.25. The second-order valence-electron chi connectivity index (χ2n) is 5.07. The van der Waals surface area contributed by atoms with Gasteiger partial charge in [-0.1, -0.05) is 42.5 Å². The zero-order valence-corrected chi connectivity index (χ0v) is 11.0. The van der Waals surface area contributed by atoms with E-state index in [4.69, 9.17) is 0 Å². The summed E-state index contributed by atoms with van der Waals surface area (Å²) in [6, 6.07) is 20.1. The highest BCUT2D eigenvalue weighted by Gasteiger charge is 2.10. The molecule has 0 radical (unpaired) electrons. The number of fused-ring (bicyclic) bond motifs is 2. The summed E-state index contributed by atoms with van der Waals surface area (Å²) in [5.41, 5.74) is 0. The molecule has 0 aliphatic carbocycles. The normalized spacial score (nSPS) is 12.2. The summed E-state index contributed by atoms with van der Waals surface area (Å²) in [5.74, 6) is 0. The van der Waals surface area contributed by atoms with Crippen LogP contribution in [-0.2, 0) is 0 Å². The number of thiophene rings is 1. The van der Waals surface area contributed by atoms with Crippen molar-refractivity contribution in [2.24, 2.45) is 0 Å². The van der Waals surface area contributed by atoms with Crippen molar-refractivity contribution in [2.45, 2.75) is 0 Å². The summed E-state index contributed by atoms with van der Waals surface area (Å²) in [5, 5.41) is 11.8. The van der Waals surface area contributed by atoms with Crippen molar-refractivity contribution in [1.29, 1.82) is 0 Å². The molecule has 0 spiro atoms. The third-order valence-corrected chi connectivity index (χ3v) is 4.94. The van der Waals surface area contributed by atoms with Gasteiger partial charge in [-0.15, -0.1) is 11.3 Å². The molecule has 5 rings (SSSR count). The first-order chi connectivity index (χ1) is 9.42. The number of benzene rings is 4. The van der Waals surface area contributed by atoms with E-state index in [0.29, 0.717) is 0 Å². The molecule has 19 heavy (non-hydrogen) atoms. The quantitative estimate of drug-likeness (QED) is 0.308. The molecule has 1 heteroatoms. The fraction of sp³-hybridized carbons (Fsp3) is 0. The van der Waals surface area contributed by atoms with Gasteiger partial charge in [-0.25, -0.2) is 0 Å². The standard InChI is InChI=1S/C18H10S/c1-2-11-4-5-13-10-16-14(8-9-19-16)15-7-6-12(3-1)17(11)18(13)15/h1-10H. The van der Waals surface area contributed by atoms with E-state index < -0.39 is 0 Å². The molecule has 4 aromatic carbocycles. The average molecular weight is 258 g/mol. The topological polar surface area (TPSA) is 0 Å². The highest BCUT2D eigenvalue weighted by Crippen LogP contribution is 2.39. The van der Waals surface area contributed by atoms with E-state index in [1.807, 2.05) is 11.3 Å². The Morgan fingerprint density at radius 1 is 0.632 bits per heavy atom. The van der Waals surface area contributed by atoms with Gasteiger partial charge in [-0.3, -0.25) is 0 Å². The Morgan fingerprint density at radius 2 is 1.42 bits per heavy atom. The maximum atomic E-state index is 2.33. The lowest BCUT2D eigenvalue weighted by atomic mass is 9.93. The SMILES string of the molecule is c1cc2ccc3cc4sccc4c4ccc(c1)c2c34. The van der Waals surface area contributed by atoms with Crippen molar-refractivity contribution in [3.8, 4) is 0 Å². The van der Waals surface area contributed by atoms with Crippen LogP contribution in [0.2, 0.25) is 0 Å². The van der Waals surface area contributed by atoms with E-state index in [-0.39, 0.29) is 0 Å².